The quantitative estimate of drug-likeness (QED) is 0.348. The predicted octanol–water partition coefficient (Wildman–Crippen LogP) is 4.01. The fourth-order valence-electron chi connectivity index (χ4n) is 3.08. The van der Waals surface area contributed by atoms with Crippen molar-refractivity contribution >= 4 is 28.7 Å². The zero-order valence-corrected chi connectivity index (χ0v) is 17.4. The molecule has 8 heteroatoms. The van der Waals surface area contributed by atoms with Gasteiger partial charge in [-0.15, -0.1) is 0 Å². The first kappa shape index (κ1) is 20.0. The van der Waals surface area contributed by atoms with E-state index in [0.717, 1.165) is 16.5 Å². The van der Waals surface area contributed by atoms with Crippen LogP contribution in [0.5, 0.6) is 0 Å². The van der Waals surface area contributed by atoms with Gasteiger partial charge >= 0.3 is 0 Å². The molecule has 152 valence electrons. The molecule has 0 saturated heterocycles. The number of aromatic nitrogens is 4. The Balaban J connectivity index is 1.48. The summed E-state index contributed by atoms with van der Waals surface area (Å²) in [6.07, 6.45) is 3.12. The number of rotatable bonds is 6. The van der Waals surface area contributed by atoms with Crippen LogP contribution in [0.1, 0.15) is 11.1 Å². The number of benzene rings is 2. The average Bonchev–Trinajstić information content (AvgIpc) is 3.19. The van der Waals surface area contributed by atoms with Crippen molar-refractivity contribution in [2.45, 2.75) is 18.5 Å². The van der Waals surface area contributed by atoms with Gasteiger partial charge in [0.05, 0.1) is 23.0 Å². The van der Waals surface area contributed by atoms with E-state index in [4.69, 9.17) is 0 Å². The number of nitrogens with zero attached hydrogens (tertiary/aromatic N) is 5. The molecule has 4 aromatic rings. The van der Waals surface area contributed by atoms with E-state index in [1.165, 1.54) is 30.2 Å². The maximum absolute atomic E-state index is 13.2. The third-order valence-electron chi connectivity index (χ3n) is 4.83. The molecule has 2 aromatic carbocycles. The molecular formula is C22H20FN5OS. The number of hydrogen-bond acceptors (Lipinski definition) is 5. The van der Waals surface area contributed by atoms with E-state index in [-0.39, 0.29) is 17.5 Å². The smallest absolute Gasteiger partial charge is 0.233 e. The van der Waals surface area contributed by atoms with Crippen LogP contribution in [0.25, 0.3) is 16.7 Å². The van der Waals surface area contributed by atoms with Crippen LogP contribution in [0.2, 0.25) is 0 Å². The summed E-state index contributed by atoms with van der Waals surface area (Å²) in [5, 5.41) is 5.80. The Morgan fingerprint density at radius 3 is 2.67 bits per heavy atom. The largest absolute Gasteiger partial charge is 0.341 e. The highest BCUT2D eigenvalue weighted by Crippen LogP contribution is 2.26. The number of carbonyl (C=O) groups is 1. The molecule has 2 aromatic heterocycles. The molecule has 0 atom stereocenters. The standard InChI is InChI=1S/C22H20FN5OS/c1-15-5-3-4-6-16(15)12-27(2)20(29)13-30-22-19-11-26-28(21(19)24-14-25-22)18-9-7-17(23)8-10-18/h3-11,14H,12-13H2,1-2H3. The van der Waals surface area contributed by atoms with Gasteiger partial charge in [0.25, 0.3) is 0 Å². The Morgan fingerprint density at radius 2 is 1.90 bits per heavy atom. The molecule has 1 amide bonds. The zero-order chi connectivity index (χ0) is 21.1. The number of halogens is 1. The normalized spacial score (nSPS) is 11.0. The third-order valence-corrected chi connectivity index (χ3v) is 5.82. The number of fused-ring (bicyclic) bond motifs is 1. The molecular weight excluding hydrogens is 401 g/mol. The second-order valence-electron chi connectivity index (χ2n) is 6.91. The highest BCUT2D eigenvalue weighted by Gasteiger charge is 2.15. The molecule has 0 aliphatic carbocycles. The van der Waals surface area contributed by atoms with Crippen molar-refractivity contribution in [3.8, 4) is 5.69 Å². The number of carbonyl (C=O) groups excluding carboxylic acids is 1. The van der Waals surface area contributed by atoms with Gasteiger partial charge in [-0.25, -0.2) is 19.0 Å². The van der Waals surface area contributed by atoms with Gasteiger partial charge in [-0.1, -0.05) is 36.0 Å². The lowest BCUT2D eigenvalue weighted by Crippen LogP contribution is -2.28. The van der Waals surface area contributed by atoms with Crippen molar-refractivity contribution in [3.63, 3.8) is 0 Å². The van der Waals surface area contributed by atoms with Crippen LogP contribution < -0.4 is 0 Å². The fourth-order valence-corrected chi connectivity index (χ4v) is 3.98. The maximum Gasteiger partial charge on any atom is 0.233 e. The summed E-state index contributed by atoms with van der Waals surface area (Å²) < 4.78 is 14.8. The minimum Gasteiger partial charge on any atom is -0.341 e. The van der Waals surface area contributed by atoms with Gasteiger partial charge in [0.1, 0.15) is 17.2 Å². The van der Waals surface area contributed by atoms with Crippen LogP contribution >= 0.6 is 11.8 Å². The zero-order valence-electron chi connectivity index (χ0n) is 16.6. The van der Waals surface area contributed by atoms with Gasteiger partial charge in [0.2, 0.25) is 5.91 Å². The minimum absolute atomic E-state index is 0.0148. The van der Waals surface area contributed by atoms with E-state index in [1.54, 1.807) is 35.0 Å². The van der Waals surface area contributed by atoms with Crippen molar-refractivity contribution in [2.75, 3.05) is 12.8 Å². The summed E-state index contributed by atoms with van der Waals surface area (Å²) in [6.45, 7) is 2.60. The number of amides is 1. The third kappa shape index (κ3) is 4.18. The molecule has 0 N–H and O–H groups in total. The molecule has 0 aliphatic heterocycles. The highest BCUT2D eigenvalue weighted by atomic mass is 32.2. The molecule has 0 fully saturated rings. The van der Waals surface area contributed by atoms with Crippen LogP contribution in [-0.4, -0.2) is 43.4 Å². The predicted molar refractivity (Wildman–Crippen MR) is 115 cm³/mol. The SMILES string of the molecule is Cc1ccccc1CN(C)C(=O)CSc1ncnc2c1cnn2-c1ccc(F)cc1. The first-order chi connectivity index (χ1) is 14.5. The van der Waals surface area contributed by atoms with E-state index in [1.807, 2.05) is 31.2 Å². The average molecular weight is 422 g/mol. The highest BCUT2D eigenvalue weighted by molar-refractivity contribution is 8.00. The van der Waals surface area contributed by atoms with Crippen LogP contribution in [0.3, 0.4) is 0 Å². The number of aryl methyl sites for hydroxylation is 1. The van der Waals surface area contributed by atoms with E-state index < -0.39 is 0 Å². The number of thioether (sulfide) groups is 1. The second kappa shape index (κ2) is 8.62. The Hall–Kier alpha value is -3.26. The molecule has 6 nitrogen and oxygen atoms in total. The molecule has 0 saturated carbocycles. The summed E-state index contributed by atoms with van der Waals surface area (Å²) in [5.74, 6) is -0.0358. The van der Waals surface area contributed by atoms with E-state index in [9.17, 15) is 9.18 Å². The lowest BCUT2D eigenvalue weighted by molar-refractivity contribution is -0.127. The van der Waals surface area contributed by atoms with Crippen molar-refractivity contribution in [1.82, 2.24) is 24.6 Å². The summed E-state index contributed by atoms with van der Waals surface area (Å²) in [4.78, 5) is 23.0. The van der Waals surface area contributed by atoms with E-state index in [0.29, 0.717) is 22.9 Å². The van der Waals surface area contributed by atoms with Crippen molar-refractivity contribution < 1.29 is 9.18 Å². The summed E-state index contributed by atoms with van der Waals surface area (Å²) in [6, 6.07) is 14.1. The maximum atomic E-state index is 13.2. The molecule has 4 rings (SSSR count). The summed E-state index contributed by atoms with van der Waals surface area (Å²) in [5.41, 5.74) is 3.61. The van der Waals surface area contributed by atoms with Crippen molar-refractivity contribution in [3.05, 3.63) is 78.0 Å². The molecule has 2 heterocycles. The molecule has 0 radical (unpaired) electrons. The van der Waals surface area contributed by atoms with Crippen molar-refractivity contribution in [1.29, 1.82) is 0 Å². The van der Waals surface area contributed by atoms with E-state index >= 15 is 0 Å². The van der Waals surface area contributed by atoms with Gasteiger partial charge in [-0.05, 0) is 42.3 Å². The van der Waals surface area contributed by atoms with Gasteiger partial charge in [0, 0.05) is 13.6 Å². The van der Waals surface area contributed by atoms with Crippen LogP contribution in [0, 0.1) is 12.7 Å². The Bertz CT molecular complexity index is 1190. The van der Waals surface area contributed by atoms with Crippen LogP contribution in [-0.2, 0) is 11.3 Å². The first-order valence-corrected chi connectivity index (χ1v) is 10.4. The molecule has 30 heavy (non-hydrogen) atoms. The van der Waals surface area contributed by atoms with Crippen LogP contribution in [0.4, 0.5) is 4.39 Å². The Labute approximate surface area is 177 Å². The lowest BCUT2D eigenvalue weighted by atomic mass is 10.1. The topological polar surface area (TPSA) is 63.9 Å². The van der Waals surface area contributed by atoms with Gasteiger partial charge in [0.15, 0.2) is 5.65 Å². The Kier molecular flexibility index (Phi) is 5.76. The summed E-state index contributed by atoms with van der Waals surface area (Å²) >= 11 is 1.36. The summed E-state index contributed by atoms with van der Waals surface area (Å²) in [7, 11) is 1.80. The fraction of sp³-hybridized carbons (Fsp3) is 0.182. The monoisotopic (exact) mass is 421 g/mol. The first-order valence-electron chi connectivity index (χ1n) is 9.39. The van der Waals surface area contributed by atoms with E-state index in [2.05, 4.69) is 15.1 Å². The van der Waals surface area contributed by atoms with Gasteiger partial charge < -0.3 is 4.90 Å². The van der Waals surface area contributed by atoms with Gasteiger partial charge in [-0.2, -0.15) is 5.10 Å². The van der Waals surface area contributed by atoms with Gasteiger partial charge in [-0.3, -0.25) is 4.79 Å². The molecule has 0 spiro atoms. The lowest BCUT2D eigenvalue weighted by Gasteiger charge is -2.18. The van der Waals surface area contributed by atoms with Crippen molar-refractivity contribution in [2.24, 2.45) is 0 Å². The molecule has 0 unspecified atom stereocenters. The molecule has 0 aliphatic rings. The second-order valence-corrected chi connectivity index (χ2v) is 7.88. The Morgan fingerprint density at radius 1 is 1.13 bits per heavy atom. The van der Waals surface area contributed by atoms with Crippen LogP contribution in [0.15, 0.2) is 66.1 Å². The minimum atomic E-state index is -0.311. The number of hydrogen-bond donors (Lipinski definition) is 0. The molecule has 0 bridgehead atoms.